The van der Waals surface area contributed by atoms with Crippen LogP contribution in [-0.4, -0.2) is 31.7 Å². The van der Waals surface area contributed by atoms with Crippen LogP contribution in [0.5, 0.6) is 0 Å². The molecule has 0 unspecified atom stereocenters. The van der Waals surface area contributed by atoms with Crippen molar-refractivity contribution in [3.05, 3.63) is 24.5 Å². The zero-order valence-corrected chi connectivity index (χ0v) is 10.3. The summed E-state index contributed by atoms with van der Waals surface area (Å²) in [5.74, 6) is -0.0838. The van der Waals surface area contributed by atoms with E-state index < -0.39 is 0 Å². The molecule has 92 valence electrons. The van der Waals surface area contributed by atoms with Crippen LogP contribution < -0.4 is 4.90 Å². The molecule has 0 spiro atoms. The number of anilines is 1. The average Bonchev–Trinajstić information content (AvgIpc) is 2.33. The summed E-state index contributed by atoms with van der Waals surface area (Å²) in [6.07, 6.45) is 6.50. The fourth-order valence-corrected chi connectivity index (χ4v) is 2.37. The second kappa shape index (κ2) is 4.73. The molecule has 0 saturated heterocycles. The van der Waals surface area contributed by atoms with E-state index in [2.05, 4.69) is 9.88 Å². The Labute approximate surface area is 102 Å². The van der Waals surface area contributed by atoms with Gasteiger partial charge in [-0.15, -0.1) is 0 Å². The molecule has 1 fully saturated rings. The van der Waals surface area contributed by atoms with Crippen molar-refractivity contribution in [2.75, 3.05) is 25.6 Å². The minimum absolute atomic E-state index is 0.0838. The molecule has 1 aliphatic rings. The van der Waals surface area contributed by atoms with Gasteiger partial charge in [0, 0.05) is 19.8 Å². The van der Waals surface area contributed by atoms with Crippen molar-refractivity contribution in [3.63, 3.8) is 0 Å². The Morgan fingerprint density at radius 1 is 1.59 bits per heavy atom. The molecule has 0 radical (unpaired) electrons. The molecule has 1 aliphatic carbocycles. The minimum Gasteiger partial charge on any atom is -0.469 e. The second-order valence-corrected chi connectivity index (χ2v) is 4.69. The normalized spacial score (nSPS) is 17.1. The van der Waals surface area contributed by atoms with Gasteiger partial charge in [0.2, 0.25) is 0 Å². The lowest BCUT2D eigenvalue weighted by Gasteiger charge is -2.41. The molecule has 1 heterocycles. The van der Waals surface area contributed by atoms with Crippen molar-refractivity contribution in [1.82, 2.24) is 4.98 Å². The Kier molecular flexibility index (Phi) is 3.31. The highest BCUT2D eigenvalue weighted by atomic mass is 16.5. The summed E-state index contributed by atoms with van der Waals surface area (Å²) in [5, 5.41) is 0. The monoisotopic (exact) mass is 234 g/mol. The average molecular weight is 234 g/mol. The first-order valence-electron chi connectivity index (χ1n) is 5.87. The third-order valence-corrected chi connectivity index (χ3v) is 3.56. The highest BCUT2D eigenvalue weighted by Crippen LogP contribution is 2.42. The largest absolute Gasteiger partial charge is 0.469 e. The molecule has 0 N–H and O–H groups in total. The third-order valence-electron chi connectivity index (χ3n) is 3.56. The summed E-state index contributed by atoms with van der Waals surface area (Å²) < 4.78 is 4.91. The molecule has 1 aromatic rings. The molecular weight excluding hydrogens is 216 g/mol. The maximum absolute atomic E-state index is 11.8. The zero-order chi connectivity index (χ0) is 12.3. The van der Waals surface area contributed by atoms with E-state index in [9.17, 15) is 4.79 Å². The van der Waals surface area contributed by atoms with Gasteiger partial charge in [0.15, 0.2) is 0 Å². The van der Waals surface area contributed by atoms with E-state index >= 15 is 0 Å². The van der Waals surface area contributed by atoms with E-state index in [0.717, 1.165) is 24.9 Å². The van der Waals surface area contributed by atoms with Gasteiger partial charge in [-0.3, -0.25) is 9.78 Å². The standard InChI is InChI=1S/C13H18N2O2/c1-15(11-5-3-8-14-9-11)10-13(6-4-7-13)12(16)17-2/h3,5,8-9H,4,6-7,10H2,1-2H3. The number of carbonyl (C=O) groups excluding carboxylic acids is 1. The topological polar surface area (TPSA) is 42.4 Å². The van der Waals surface area contributed by atoms with E-state index in [4.69, 9.17) is 4.74 Å². The van der Waals surface area contributed by atoms with Crippen LogP contribution in [0.2, 0.25) is 0 Å². The minimum atomic E-state index is -0.306. The summed E-state index contributed by atoms with van der Waals surface area (Å²) in [4.78, 5) is 18.0. The molecule has 1 aromatic heterocycles. The van der Waals surface area contributed by atoms with Crippen LogP contribution in [0.3, 0.4) is 0 Å². The number of aromatic nitrogens is 1. The van der Waals surface area contributed by atoms with Crippen LogP contribution in [0, 0.1) is 5.41 Å². The van der Waals surface area contributed by atoms with Crippen LogP contribution >= 0.6 is 0 Å². The summed E-state index contributed by atoms with van der Waals surface area (Å²) in [7, 11) is 3.45. The van der Waals surface area contributed by atoms with Gasteiger partial charge in [-0.05, 0) is 25.0 Å². The van der Waals surface area contributed by atoms with Crippen molar-refractivity contribution >= 4 is 11.7 Å². The van der Waals surface area contributed by atoms with Gasteiger partial charge in [0.05, 0.1) is 24.4 Å². The SMILES string of the molecule is COC(=O)C1(CN(C)c2cccnc2)CCC1. The lowest BCUT2D eigenvalue weighted by molar-refractivity contribution is -0.157. The number of methoxy groups -OCH3 is 1. The Hall–Kier alpha value is -1.58. The fraction of sp³-hybridized carbons (Fsp3) is 0.538. The first-order valence-corrected chi connectivity index (χ1v) is 5.87. The van der Waals surface area contributed by atoms with E-state index in [1.54, 1.807) is 6.20 Å². The van der Waals surface area contributed by atoms with Gasteiger partial charge >= 0.3 is 5.97 Å². The Morgan fingerprint density at radius 2 is 2.35 bits per heavy atom. The van der Waals surface area contributed by atoms with Gasteiger partial charge in [-0.2, -0.15) is 0 Å². The first kappa shape index (κ1) is 11.9. The molecule has 4 heteroatoms. The quantitative estimate of drug-likeness (QED) is 0.746. The molecule has 0 bridgehead atoms. The number of esters is 1. The molecule has 2 rings (SSSR count). The maximum Gasteiger partial charge on any atom is 0.313 e. The highest BCUT2D eigenvalue weighted by Gasteiger charge is 2.46. The summed E-state index contributed by atoms with van der Waals surface area (Å²) in [5.41, 5.74) is 0.724. The summed E-state index contributed by atoms with van der Waals surface area (Å²) >= 11 is 0. The number of hydrogen-bond acceptors (Lipinski definition) is 4. The molecule has 0 atom stereocenters. The Balaban J connectivity index is 2.07. The third kappa shape index (κ3) is 2.25. The van der Waals surface area contributed by atoms with Gasteiger partial charge in [-0.1, -0.05) is 6.42 Å². The molecule has 1 saturated carbocycles. The molecule has 4 nitrogen and oxygen atoms in total. The van der Waals surface area contributed by atoms with Crippen molar-refractivity contribution in [1.29, 1.82) is 0 Å². The summed E-state index contributed by atoms with van der Waals surface area (Å²) in [6, 6.07) is 3.90. The van der Waals surface area contributed by atoms with Crippen molar-refractivity contribution < 1.29 is 9.53 Å². The molecule has 0 aromatic carbocycles. The predicted octanol–water partition coefficient (Wildman–Crippen LogP) is 1.86. The number of nitrogens with zero attached hydrogens (tertiary/aromatic N) is 2. The maximum atomic E-state index is 11.8. The summed E-state index contributed by atoms with van der Waals surface area (Å²) in [6.45, 7) is 0.700. The van der Waals surface area contributed by atoms with Crippen molar-refractivity contribution in [2.24, 2.45) is 5.41 Å². The van der Waals surface area contributed by atoms with E-state index in [1.165, 1.54) is 7.11 Å². The van der Waals surface area contributed by atoms with Gasteiger partial charge < -0.3 is 9.64 Å². The van der Waals surface area contributed by atoms with Crippen molar-refractivity contribution in [2.45, 2.75) is 19.3 Å². The highest BCUT2D eigenvalue weighted by molar-refractivity contribution is 5.78. The van der Waals surface area contributed by atoms with Crippen LogP contribution in [-0.2, 0) is 9.53 Å². The fourth-order valence-electron chi connectivity index (χ4n) is 2.37. The molecule has 17 heavy (non-hydrogen) atoms. The number of carbonyl (C=O) groups is 1. The Morgan fingerprint density at radius 3 is 2.82 bits per heavy atom. The predicted molar refractivity (Wildman–Crippen MR) is 65.8 cm³/mol. The van der Waals surface area contributed by atoms with E-state index in [1.807, 2.05) is 25.4 Å². The lowest BCUT2D eigenvalue weighted by Crippen LogP contribution is -2.47. The molecule has 0 aliphatic heterocycles. The van der Waals surface area contributed by atoms with Gasteiger partial charge in [0.1, 0.15) is 0 Å². The van der Waals surface area contributed by atoms with Crippen LogP contribution in [0.4, 0.5) is 5.69 Å². The van der Waals surface area contributed by atoms with Gasteiger partial charge in [0.25, 0.3) is 0 Å². The van der Waals surface area contributed by atoms with E-state index in [-0.39, 0.29) is 11.4 Å². The van der Waals surface area contributed by atoms with E-state index in [0.29, 0.717) is 6.54 Å². The zero-order valence-electron chi connectivity index (χ0n) is 10.3. The number of ether oxygens (including phenoxy) is 1. The second-order valence-electron chi connectivity index (χ2n) is 4.69. The Bertz CT molecular complexity index is 388. The van der Waals surface area contributed by atoms with Gasteiger partial charge in [-0.25, -0.2) is 0 Å². The smallest absolute Gasteiger partial charge is 0.313 e. The number of hydrogen-bond donors (Lipinski definition) is 0. The number of rotatable bonds is 4. The van der Waals surface area contributed by atoms with Crippen LogP contribution in [0.25, 0.3) is 0 Å². The van der Waals surface area contributed by atoms with Crippen LogP contribution in [0.15, 0.2) is 24.5 Å². The molecule has 0 amide bonds. The van der Waals surface area contributed by atoms with Crippen LogP contribution in [0.1, 0.15) is 19.3 Å². The van der Waals surface area contributed by atoms with Crippen molar-refractivity contribution in [3.8, 4) is 0 Å². The molecular formula is C13H18N2O2. The lowest BCUT2D eigenvalue weighted by atomic mass is 9.68. The number of pyridine rings is 1. The first-order chi connectivity index (χ1) is 8.18.